The summed E-state index contributed by atoms with van der Waals surface area (Å²) in [6.07, 6.45) is 0. The van der Waals surface area contributed by atoms with E-state index in [0.717, 1.165) is 16.7 Å². The molecular formula is C11H15ClO2. The van der Waals surface area contributed by atoms with Gasteiger partial charge in [0.2, 0.25) is 0 Å². The van der Waals surface area contributed by atoms with Crippen LogP contribution in [0.3, 0.4) is 0 Å². The first-order valence-electron chi connectivity index (χ1n) is 4.64. The molecule has 1 aromatic rings. The molecule has 1 rings (SSSR count). The summed E-state index contributed by atoms with van der Waals surface area (Å²) in [4.78, 5) is 0. The highest BCUT2D eigenvalue weighted by Gasteiger charge is 2.12. The van der Waals surface area contributed by atoms with Gasteiger partial charge < -0.3 is 9.84 Å². The van der Waals surface area contributed by atoms with Gasteiger partial charge in [0, 0.05) is 5.56 Å². The van der Waals surface area contributed by atoms with Gasteiger partial charge in [0.1, 0.15) is 5.75 Å². The van der Waals surface area contributed by atoms with E-state index in [0.29, 0.717) is 17.4 Å². The molecule has 0 heterocycles. The fraction of sp³-hybridized carbons (Fsp3) is 0.455. The average Bonchev–Trinajstić information content (AvgIpc) is 2.15. The first kappa shape index (κ1) is 11.3. The predicted molar refractivity (Wildman–Crippen MR) is 58.0 cm³/mol. The summed E-state index contributed by atoms with van der Waals surface area (Å²) in [7, 11) is 0. The third-order valence-corrected chi connectivity index (χ3v) is 2.61. The van der Waals surface area contributed by atoms with Crippen LogP contribution in [-0.4, -0.2) is 11.7 Å². The number of hydrogen-bond donors (Lipinski definition) is 1. The SMILES string of the molecule is CCOc1c(Cl)cc(C)c(C)c1CO. The maximum Gasteiger partial charge on any atom is 0.143 e. The van der Waals surface area contributed by atoms with E-state index >= 15 is 0 Å². The topological polar surface area (TPSA) is 29.5 Å². The number of aryl methyl sites for hydroxylation is 1. The zero-order valence-electron chi connectivity index (χ0n) is 8.72. The Hall–Kier alpha value is -0.730. The number of aliphatic hydroxyl groups is 1. The van der Waals surface area contributed by atoms with Crippen LogP contribution in [0.5, 0.6) is 5.75 Å². The Balaban J connectivity index is 3.31. The Morgan fingerprint density at radius 2 is 2.07 bits per heavy atom. The van der Waals surface area contributed by atoms with E-state index < -0.39 is 0 Å². The number of hydrogen-bond acceptors (Lipinski definition) is 2. The van der Waals surface area contributed by atoms with E-state index in [-0.39, 0.29) is 6.61 Å². The first-order chi connectivity index (χ1) is 6.61. The molecule has 0 amide bonds. The lowest BCUT2D eigenvalue weighted by atomic mass is 10.0. The zero-order valence-corrected chi connectivity index (χ0v) is 9.48. The third-order valence-electron chi connectivity index (χ3n) is 2.33. The van der Waals surface area contributed by atoms with Gasteiger partial charge in [-0.2, -0.15) is 0 Å². The van der Waals surface area contributed by atoms with E-state index in [2.05, 4.69) is 0 Å². The third kappa shape index (κ3) is 2.02. The van der Waals surface area contributed by atoms with Crippen molar-refractivity contribution in [1.82, 2.24) is 0 Å². The molecule has 0 atom stereocenters. The van der Waals surface area contributed by atoms with Gasteiger partial charge in [-0.3, -0.25) is 0 Å². The van der Waals surface area contributed by atoms with Crippen LogP contribution in [0.15, 0.2) is 6.07 Å². The van der Waals surface area contributed by atoms with Crippen molar-refractivity contribution in [3.05, 3.63) is 27.8 Å². The summed E-state index contributed by atoms with van der Waals surface area (Å²) < 4.78 is 5.40. The summed E-state index contributed by atoms with van der Waals surface area (Å²) in [6.45, 7) is 6.33. The summed E-state index contributed by atoms with van der Waals surface area (Å²) in [5.41, 5.74) is 2.90. The van der Waals surface area contributed by atoms with Gasteiger partial charge in [0.25, 0.3) is 0 Å². The van der Waals surface area contributed by atoms with Crippen LogP contribution >= 0.6 is 11.6 Å². The molecule has 0 spiro atoms. The molecule has 1 aromatic carbocycles. The van der Waals surface area contributed by atoms with Crippen molar-refractivity contribution in [2.45, 2.75) is 27.4 Å². The van der Waals surface area contributed by atoms with Crippen molar-refractivity contribution in [2.24, 2.45) is 0 Å². The van der Waals surface area contributed by atoms with Gasteiger partial charge in [-0.1, -0.05) is 11.6 Å². The van der Waals surface area contributed by atoms with Crippen LogP contribution in [0.25, 0.3) is 0 Å². The largest absolute Gasteiger partial charge is 0.492 e. The Bertz CT molecular complexity index is 335. The lowest BCUT2D eigenvalue weighted by Crippen LogP contribution is -2.01. The van der Waals surface area contributed by atoms with Gasteiger partial charge in [-0.15, -0.1) is 0 Å². The van der Waals surface area contributed by atoms with Crippen LogP contribution in [0.4, 0.5) is 0 Å². The first-order valence-corrected chi connectivity index (χ1v) is 5.01. The average molecular weight is 215 g/mol. The molecule has 0 saturated carbocycles. The highest BCUT2D eigenvalue weighted by molar-refractivity contribution is 6.32. The molecule has 0 fully saturated rings. The standard InChI is InChI=1S/C11H15ClO2/c1-4-14-11-9(6-13)8(3)7(2)5-10(11)12/h5,13H,4,6H2,1-3H3. The van der Waals surface area contributed by atoms with E-state index in [1.807, 2.05) is 26.8 Å². The predicted octanol–water partition coefficient (Wildman–Crippen LogP) is 2.85. The highest BCUT2D eigenvalue weighted by Crippen LogP contribution is 2.33. The van der Waals surface area contributed by atoms with Crippen LogP contribution in [0, 0.1) is 13.8 Å². The molecule has 14 heavy (non-hydrogen) atoms. The molecule has 0 aromatic heterocycles. The van der Waals surface area contributed by atoms with Gasteiger partial charge in [0.15, 0.2) is 0 Å². The number of halogens is 1. The monoisotopic (exact) mass is 214 g/mol. The number of rotatable bonds is 3. The normalized spacial score (nSPS) is 10.4. The molecule has 3 heteroatoms. The minimum absolute atomic E-state index is 0.0391. The highest BCUT2D eigenvalue weighted by atomic mass is 35.5. The van der Waals surface area contributed by atoms with Crippen molar-refractivity contribution in [3.63, 3.8) is 0 Å². The van der Waals surface area contributed by atoms with Crippen LogP contribution < -0.4 is 4.74 Å². The molecular weight excluding hydrogens is 200 g/mol. The van der Waals surface area contributed by atoms with Crippen molar-refractivity contribution in [2.75, 3.05) is 6.61 Å². The van der Waals surface area contributed by atoms with Gasteiger partial charge in [0.05, 0.1) is 18.2 Å². The van der Waals surface area contributed by atoms with Crippen molar-refractivity contribution in [3.8, 4) is 5.75 Å². The number of ether oxygens (including phenoxy) is 1. The molecule has 0 aliphatic heterocycles. The molecule has 0 aliphatic carbocycles. The fourth-order valence-corrected chi connectivity index (χ4v) is 1.74. The van der Waals surface area contributed by atoms with E-state index in [1.165, 1.54) is 0 Å². The molecule has 2 nitrogen and oxygen atoms in total. The molecule has 78 valence electrons. The van der Waals surface area contributed by atoms with E-state index in [1.54, 1.807) is 0 Å². The maximum atomic E-state index is 9.24. The lowest BCUT2D eigenvalue weighted by molar-refractivity contribution is 0.266. The fourth-order valence-electron chi connectivity index (χ4n) is 1.41. The summed E-state index contributed by atoms with van der Waals surface area (Å²) >= 11 is 6.03. The van der Waals surface area contributed by atoms with Crippen LogP contribution in [0.2, 0.25) is 5.02 Å². The summed E-state index contributed by atoms with van der Waals surface area (Å²) in [5, 5.41) is 9.80. The quantitative estimate of drug-likeness (QED) is 0.839. The van der Waals surface area contributed by atoms with Crippen molar-refractivity contribution >= 4 is 11.6 Å². The second kappa shape index (κ2) is 4.67. The minimum Gasteiger partial charge on any atom is -0.492 e. The van der Waals surface area contributed by atoms with Crippen LogP contribution in [-0.2, 0) is 6.61 Å². The van der Waals surface area contributed by atoms with Crippen molar-refractivity contribution in [1.29, 1.82) is 0 Å². The molecule has 0 bridgehead atoms. The number of benzene rings is 1. The van der Waals surface area contributed by atoms with Gasteiger partial charge in [-0.05, 0) is 38.0 Å². The smallest absolute Gasteiger partial charge is 0.143 e. The summed E-state index contributed by atoms with van der Waals surface area (Å²) in [5.74, 6) is 0.611. The van der Waals surface area contributed by atoms with Crippen molar-refractivity contribution < 1.29 is 9.84 Å². The number of aliphatic hydroxyl groups excluding tert-OH is 1. The molecule has 0 saturated heterocycles. The molecule has 0 aliphatic rings. The molecule has 0 unspecified atom stereocenters. The minimum atomic E-state index is -0.0391. The molecule has 1 N–H and O–H groups in total. The Kier molecular flexibility index (Phi) is 3.78. The Morgan fingerprint density at radius 3 is 2.57 bits per heavy atom. The van der Waals surface area contributed by atoms with E-state index in [4.69, 9.17) is 16.3 Å². The van der Waals surface area contributed by atoms with Gasteiger partial charge in [-0.25, -0.2) is 0 Å². The van der Waals surface area contributed by atoms with Crippen LogP contribution in [0.1, 0.15) is 23.6 Å². The lowest BCUT2D eigenvalue weighted by Gasteiger charge is -2.14. The van der Waals surface area contributed by atoms with E-state index in [9.17, 15) is 5.11 Å². The van der Waals surface area contributed by atoms with Gasteiger partial charge >= 0.3 is 0 Å². The second-order valence-corrected chi connectivity index (χ2v) is 3.61. The zero-order chi connectivity index (χ0) is 10.7. The Morgan fingerprint density at radius 1 is 1.43 bits per heavy atom. The maximum absolute atomic E-state index is 9.24. The summed E-state index contributed by atoms with van der Waals surface area (Å²) in [6, 6.07) is 1.86. The Labute approximate surface area is 89.5 Å². The molecule has 0 radical (unpaired) electrons. The second-order valence-electron chi connectivity index (χ2n) is 3.20.